The second-order valence-corrected chi connectivity index (χ2v) is 6.37. The smallest absolute Gasteiger partial charge is 0.228 e. The average Bonchev–Trinajstić information content (AvgIpc) is 2.81. The summed E-state index contributed by atoms with van der Waals surface area (Å²) in [4.78, 5) is 12.3. The van der Waals surface area contributed by atoms with E-state index < -0.39 is 0 Å². The highest BCUT2D eigenvalue weighted by molar-refractivity contribution is 9.10. The lowest BCUT2D eigenvalue weighted by molar-refractivity contribution is -0.119. The minimum Gasteiger partial charge on any atom is -0.326 e. The van der Waals surface area contributed by atoms with Gasteiger partial charge in [0.1, 0.15) is 0 Å². The molecule has 102 valence electrons. The summed E-state index contributed by atoms with van der Waals surface area (Å²) in [5.74, 6) is 0.0536. The summed E-state index contributed by atoms with van der Waals surface area (Å²) < 4.78 is 1.06. The normalized spacial score (nSPS) is 16.8. The number of nitrogens with one attached hydrogen (secondary N) is 1. The third-order valence-corrected chi connectivity index (χ3v) is 4.29. The Labute approximate surface area is 131 Å². The number of carbonyl (C=O) groups excluding carboxylic acids is 1. The Kier molecular flexibility index (Phi) is 3.81. The van der Waals surface area contributed by atoms with Crippen LogP contribution in [0.2, 0.25) is 5.02 Å². The van der Waals surface area contributed by atoms with Crippen molar-refractivity contribution in [3.8, 4) is 0 Å². The number of hydrogen-bond donors (Lipinski definition) is 1. The molecule has 0 fully saturated rings. The summed E-state index contributed by atoms with van der Waals surface area (Å²) in [5, 5.41) is 3.57. The summed E-state index contributed by atoms with van der Waals surface area (Å²) in [5.41, 5.74) is 3.27. The van der Waals surface area contributed by atoms with Crippen LogP contribution in [0.15, 0.2) is 46.9 Å². The Hall–Kier alpha value is -1.32. The predicted molar refractivity (Wildman–Crippen MR) is 85.1 cm³/mol. The molecule has 2 aromatic carbocycles. The number of carbonyl (C=O) groups is 1. The van der Waals surface area contributed by atoms with Gasteiger partial charge in [0.05, 0.1) is 0 Å². The SMILES string of the molecule is O=C(Nc1cccc(Cl)c1)C1Cc2ccc(Br)cc2C1. The Morgan fingerprint density at radius 3 is 2.75 bits per heavy atom. The summed E-state index contributed by atoms with van der Waals surface area (Å²) in [6.45, 7) is 0. The fraction of sp³-hybridized carbons (Fsp3) is 0.188. The molecular formula is C16H13BrClNO. The van der Waals surface area contributed by atoms with Gasteiger partial charge in [0, 0.05) is 21.1 Å². The van der Waals surface area contributed by atoms with Crippen molar-refractivity contribution in [1.29, 1.82) is 0 Å². The Morgan fingerprint density at radius 1 is 1.15 bits per heavy atom. The van der Waals surface area contributed by atoms with Crippen molar-refractivity contribution < 1.29 is 4.79 Å². The zero-order chi connectivity index (χ0) is 14.1. The van der Waals surface area contributed by atoms with Crippen molar-refractivity contribution >= 4 is 39.1 Å². The van der Waals surface area contributed by atoms with Gasteiger partial charge in [0.15, 0.2) is 0 Å². The van der Waals surface area contributed by atoms with Crippen LogP contribution in [0.25, 0.3) is 0 Å². The fourth-order valence-electron chi connectivity index (χ4n) is 2.58. The molecule has 0 saturated carbocycles. The van der Waals surface area contributed by atoms with E-state index in [0.29, 0.717) is 5.02 Å². The lowest BCUT2D eigenvalue weighted by Gasteiger charge is -2.10. The van der Waals surface area contributed by atoms with Gasteiger partial charge in [-0.1, -0.05) is 39.7 Å². The quantitative estimate of drug-likeness (QED) is 0.851. The first-order valence-corrected chi connectivity index (χ1v) is 7.62. The molecule has 1 atom stereocenters. The van der Waals surface area contributed by atoms with E-state index in [0.717, 1.165) is 23.0 Å². The van der Waals surface area contributed by atoms with E-state index in [9.17, 15) is 4.79 Å². The predicted octanol–water partition coefficient (Wildman–Crippen LogP) is 4.46. The minimum atomic E-state index is -0.00159. The van der Waals surface area contributed by atoms with Gasteiger partial charge in [-0.25, -0.2) is 0 Å². The molecule has 0 saturated heterocycles. The highest BCUT2D eigenvalue weighted by atomic mass is 79.9. The molecule has 1 amide bonds. The van der Waals surface area contributed by atoms with E-state index in [-0.39, 0.29) is 11.8 Å². The zero-order valence-electron chi connectivity index (χ0n) is 10.7. The molecule has 0 aromatic heterocycles. The van der Waals surface area contributed by atoms with Crippen LogP contribution in [0.4, 0.5) is 5.69 Å². The molecule has 0 heterocycles. The van der Waals surface area contributed by atoms with Gasteiger partial charge in [-0.2, -0.15) is 0 Å². The molecule has 0 radical (unpaired) electrons. The first-order chi connectivity index (χ1) is 9.61. The van der Waals surface area contributed by atoms with Gasteiger partial charge in [-0.05, 0) is 54.3 Å². The second kappa shape index (κ2) is 5.58. The fourth-order valence-corrected chi connectivity index (χ4v) is 3.18. The molecule has 1 N–H and O–H groups in total. The number of fused-ring (bicyclic) bond motifs is 1. The van der Waals surface area contributed by atoms with Crippen LogP contribution in [0, 0.1) is 5.92 Å². The number of halogens is 2. The summed E-state index contributed by atoms with van der Waals surface area (Å²) >= 11 is 9.39. The van der Waals surface area contributed by atoms with Gasteiger partial charge in [0.25, 0.3) is 0 Å². The molecule has 1 unspecified atom stereocenters. The molecule has 2 aromatic rings. The third kappa shape index (κ3) is 2.89. The van der Waals surface area contributed by atoms with E-state index in [1.165, 1.54) is 11.1 Å². The van der Waals surface area contributed by atoms with Crippen molar-refractivity contribution in [2.24, 2.45) is 5.92 Å². The van der Waals surface area contributed by atoms with Crippen LogP contribution >= 0.6 is 27.5 Å². The van der Waals surface area contributed by atoms with E-state index in [2.05, 4.69) is 33.4 Å². The largest absolute Gasteiger partial charge is 0.326 e. The van der Waals surface area contributed by atoms with Crippen LogP contribution in [-0.4, -0.2) is 5.91 Å². The lowest BCUT2D eigenvalue weighted by Crippen LogP contribution is -2.23. The highest BCUT2D eigenvalue weighted by Gasteiger charge is 2.27. The highest BCUT2D eigenvalue weighted by Crippen LogP contribution is 2.30. The van der Waals surface area contributed by atoms with E-state index in [4.69, 9.17) is 11.6 Å². The van der Waals surface area contributed by atoms with Crippen LogP contribution in [-0.2, 0) is 17.6 Å². The molecule has 1 aliphatic rings. The maximum absolute atomic E-state index is 12.3. The first-order valence-electron chi connectivity index (χ1n) is 6.45. The number of anilines is 1. The minimum absolute atomic E-state index is 0.00159. The number of benzene rings is 2. The van der Waals surface area contributed by atoms with Crippen molar-refractivity contribution in [3.63, 3.8) is 0 Å². The van der Waals surface area contributed by atoms with Gasteiger partial charge in [-0.3, -0.25) is 4.79 Å². The molecule has 1 aliphatic carbocycles. The van der Waals surface area contributed by atoms with Crippen molar-refractivity contribution in [1.82, 2.24) is 0 Å². The Morgan fingerprint density at radius 2 is 1.95 bits per heavy atom. The first kappa shape index (κ1) is 13.7. The van der Waals surface area contributed by atoms with Crippen LogP contribution in [0.5, 0.6) is 0 Å². The van der Waals surface area contributed by atoms with Crippen LogP contribution < -0.4 is 5.32 Å². The molecule has 0 aliphatic heterocycles. The second-order valence-electron chi connectivity index (χ2n) is 5.02. The lowest BCUT2D eigenvalue weighted by atomic mass is 10.1. The Bertz CT molecular complexity index is 671. The third-order valence-electron chi connectivity index (χ3n) is 3.56. The maximum Gasteiger partial charge on any atom is 0.228 e. The van der Waals surface area contributed by atoms with E-state index in [1.807, 2.05) is 18.2 Å². The van der Waals surface area contributed by atoms with Crippen molar-refractivity contribution in [2.75, 3.05) is 5.32 Å². The average molecular weight is 351 g/mol. The summed E-state index contributed by atoms with van der Waals surface area (Å²) in [6, 6.07) is 13.4. The number of hydrogen-bond acceptors (Lipinski definition) is 1. The number of amides is 1. The monoisotopic (exact) mass is 349 g/mol. The van der Waals surface area contributed by atoms with Gasteiger partial charge < -0.3 is 5.32 Å². The van der Waals surface area contributed by atoms with Gasteiger partial charge in [-0.15, -0.1) is 0 Å². The zero-order valence-corrected chi connectivity index (χ0v) is 13.0. The van der Waals surface area contributed by atoms with Gasteiger partial charge in [0.2, 0.25) is 5.91 Å². The summed E-state index contributed by atoms with van der Waals surface area (Å²) in [6.07, 6.45) is 1.59. The Balaban J connectivity index is 1.71. The van der Waals surface area contributed by atoms with Crippen molar-refractivity contribution in [2.45, 2.75) is 12.8 Å². The van der Waals surface area contributed by atoms with Crippen molar-refractivity contribution in [3.05, 3.63) is 63.1 Å². The standard InChI is InChI=1S/C16H13BrClNO/c17-13-5-4-10-6-12(7-11(10)8-13)16(20)19-15-3-1-2-14(18)9-15/h1-5,8-9,12H,6-7H2,(H,19,20). The molecular weight excluding hydrogens is 338 g/mol. The van der Waals surface area contributed by atoms with E-state index in [1.54, 1.807) is 12.1 Å². The topological polar surface area (TPSA) is 29.1 Å². The molecule has 0 bridgehead atoms. The van der Waals surface area contributed by atoms with Crippen LogP contribution in [0.1, 0.15) is 11.1 Å². The van der Waals surface area contributed by atoms with Crippen LogP contribution in [0.3, 0.4) is 0 Å². The number of rotatable bonds is 2. The molecule has 2 nitrogen and oxygen atoms in total. The molecule has 20 heavy (non-hydrogen) atoms. The summed E-state index contributed by atoms with van der Waals surface area (Å²) in [7, 11) is 0. The maximum atomic E-state index is 12.3. The molecule has 4 heteroatoms. The van der Waals surface area contributed by atoms with E-state index >= 15 is 0 Å². The van der Waals surface area contributed by atoms with Gasteiger partial charge >= 0.3 is 0 Å². The molecule has 0 spiro atoms. The molecule has 3 rings (SSSR count).